The van der Waals surface area contributed by atoms with Gasteiger partial charge >= 0.3 is 11.9 Å². The van der Waals surface area contributed by atoms with E-state index in [0.717, 1.165) is 4.90 Å². The Hall–Kier alpha value is -0.646. The summed E-state index contributed by atoms with van der Waals surface area (Å²) < 4.78 is 0. The van der Waals surface area contributed by atoms with Crippen molar-refractivity contribution in [2.24, 2.45) is 0 Å². The van der Waals surface area contributed by atoms with E-state index in [0.29, 0.717) is 0 Å². The van der Waals surface area contributed by atoms with Crippen LogP contribution in [0.1, 0.15) is 6.92 Å². The molecular weight excluding hydrogens is 225 g/mol. The van der Waals surface area contributed by atoms with E-state index >= 15 is 0 Å². The molecule has 0 spiro atoms. The molecule has 0 aromatic heterocycles. The first kappa shape index (κ1) is 14.9. The summed E-state index contributed by atoms with van der Waals surface area (Å²) in [6, 6.07) is 0. The number of carboxylic acids is 2. The van der Waals surface area contributed by atoms with E-state index in [4.69, 9.17) is 15.3 Å². The monoisotopic (exact) mass is 235 g/mol. The molecule has 0 heterocycles. The molecule has 13 heavy (non-hydrogen) atoms. The number of aliphatic hydroxyl groups is 1. The van der Waals surface area contributed by atoms with Crippen LogP contribution in [0.15, 0.2) is 0 Å². The normalized spacial score (nSPS) is 11.9. The maximum atomic E-state index is 10.1. The van der Waals surface area contributed by atoms with Crippen LogP contribution < -0.4 is 0 Å². The largest absolute Gasteiger partial charge is 0.480 e. The predicted molar refractivity (Wildman–Crippen MR) is 38.5 cm³/mol. The SMILES string of the molecule is CC(O)N(CC(=O)O)CC(=O)O.[Ni]. The average Bonchev–Trinajstić information content (AvgIpc) is 1.83. The topological polar surface area (TPSA) is 98.1 Å². The smallest absolute Gasteiger partial charge is 0.317 e. The summed E-state index contributed by atoms with van der Waals surface area (Å²) in [5.74, 6) is -2.34. The summed E-state index contributed by atoms with van der Waals surface area (Å²) in [5, 5.41) is 25.5. The van der Waals surface area contributed by atoms with Gasteiger partial charge in [0.05, 0.1) is 13.1 Å². The Morgan fingerprint density at radius 3 is 1.69 bits per heavy atom. The Kier molecular flexibility index (Phi) is 7.80. The zero-order valence-corrected chi connectivity index (χ0v) is 7.90. The van der Waals surface area contributed by atoms with Crippen LogP contribution in [0.2, 0.25) is 0 Å². The third-order valence-corrected chi connectivity index (χ3v) is 1.21. The van der Waals surface area contributed by atoms with Gasteiger partial charge in [-0.15, -0.1) is 0 Å². The van der Waals surface area contributed by atoms with Gasteiger partial charge in [-0.2, -0.15) is 0 Å². The van der Waals surface area contributed by atoms with E-state index in [1.807, 2.05) is 0 Å². The fraction of sp³-hybridized carbons (Fsp3) is 0.667. The molecule has 0 saturated heterocycles. The van der Waals surface area contributed by atoms with Crippen molar-refractivity contribution in [1.82, 2.24) is 4.90 Å². The molecule has 1 unspecified atom stereocenters. The van der Waals surface area contributed by atoms with Crippen molar-refractivity contribution in [1.29, 1.82) is 0 Å². The van der Waals surface area contributed by atoms with Crippen molar-refractivity contribution in [2.45, 2.75) is 13.2 Å². The van der Waals surface area contributed by atoms with E-state index < -0.39 is 31.3 Å². The second-order valence-electron chi connectivity index (χ2n) is 2.32. The number of hydrogen-bond acceptors (Lipinski definition) is 4. The molecule has 6 nitrogen and oxygen atoms in total. The van der Waals surface area contributed by atoms with Gasteiger partial charge in [0, 0.05) is 16.5 Å². The Labute approximate surface area is 85.1 Å². The van der Waals surface area contributed by atoms with Crippen LogP contribution in [0.25, 0.3) is 0 Å². The number of aliphatic hydroxyl groups excluding tert-OH is 1. The molecule has 0 amide bonds. The van der Waals surface area contributed by atoms with Gasteiger partial charge in [-0.1, -0.05) is 0 Å². The zero-order chi connectivity index (χ0) is 9.72. The Bertz CT molecular complexity index is 168. The number of hydrogen-bond donors (Lipinski definition) is 3. The minimum Gasteiger partial charge on any atom is -0.480 e. The molecule has 0 aliphatic carbocycles. The van der Waals surface area contributed by atoms with Gasteiger partial charge in [-0.05, 0) is 6.92 Å². The molecule has 0 bridgehead atoms. The Balaban J connectivity index is 0. The van der Waals surface area contributed by atoms with Crippen LogP contribution in [0.4, 0.5) is 0 Å². The fourth-order valence-corrected chi connectivity index (χ4v) is 0.668. The van der Waals surface area contributed by atoms with Crippen molar-refractivity contribution in [2.75, 3.05) is 13.1 Å². The minimum absolute atomic E-state index is 0. The third-order valence-electron chi connectivity index (χ3n) is 1.21. The molecule has 0 saturated carbocycles. The predicted octanol–water partition coefficient (Wildman–Crippen LogP) is -1.21. The molecule has 3 N–H and O–H groups in total. The minimum atomic E-state index is -1.17. The van der Waals surface area contributed by atoms with E-state index in [9.17, 15) is 9.59 Å². The maximum Gasteiger partial charge on any atom is 0.317 e. The molecule has 0 aromatic rings. The van der Waals surface area contributed by atoms with Crippen molar-refractivity contribution in [3.63, 3.8) is 0 Å². The first-order valence-electron chi connectivity index (χ1n) is 3.29. The number of aliphatic carboxylic acids is 2. The zero-order valence-electron chi connectivity index (χ0n) is 6.91. The maximum absolute atomic E-state index is 10.1. The standard InChI is InChI=1S/C6H11NO5.Ni/c1-4(8)7(2-5(9)10)3-6(11)12;/h4,8H,2-3H2,1H3,(H,9,10)(H,11,12);. The molecule has 7 heteroatoms. The molecule has 80 valence electrons. The van der Waals surface area contributed by atoms with Crippen molar-refractivity contribution >= 4 is 11.9 Å². The van der Waals surface area contributed by atoms with Gasteiger partial charge in [-0.25, -0.2) is 0 Å². The number of carbonyl (C=O) groups is 2. The van der Waals surface area contributed by atoms with E-state index in [2.05, 4.69) is 0 Å². The number of carboxylic acid groups (broad SMARTS) is 2. The number of rotatable bonds is 5. The average molecular weight is 236 g/mol. The molecule has 0 rings (SSSR count). The molecule has 0 aromatic carbocycles. The van der Waals surface area contributed by atoms with Crippen LogP contribution in [-0.2, 0) is 26.1 Å². The summed E-state index contributed by atoms with van der Waals surface area (Å²) in [5.41, 5.74) is 0. The van der Waals surface area contributed by atoms with Gasteiger partial charge in [0.2, 0.25) is 0 Å². The van der Waals surface area contributed by atoms with Crippen molar-refractivity contribution in [3.8, 4) is 0 Å². The van der Waals surface area contributed by atoms with Crippen LogP contribution in [-0.4, -0.2) is 51.5 Å². The molecule has 0 aliphatic rings. The van der Waals surface area contributed by atoms with Gasteiger partial charge < -0.3 is 15.3 Å². The number of nitrogens with zero attached hydrogens (tertiary/aromatic N) is 1. The summed E-state index contributed by atoms with van der Waals surface area (Å²) in [6.07, 6.45) is -1.07. The molecule has 0 aliphatic heterocycles. The molecule has 0 fully saturated rings. The van der Waals surface area contributed by atoms with Gasteiger partial charge in [-0.3, -0.25) is 14.5 Å². The van der Waals surface area contributed by atoms with E-state index in [1.54, 1.807) is 0 Å². The fourth-order valence-electron chi connectivity index (χ4n) is 0.668. The van der Waals surface area contributed by atoms with Crippen LogP contribution >= 0.6 is 0 Å². The molecular formula is C6H11NNiO5. The van der Waals surface area contributed by atoms with Crippen LogP contribution in [0, 0.1) is 0 Å². The summed E-state index contributed by atoms with van der Waals surface area (Å²) in [7, 11) is 0. The van der Waals surface area contributed by atoms with Gasteiger partial charge in [0.1, 0.15) is 6.23 Å². The van der Waals surface area contributed by atoms with E-state index in [-0.39, 0.29) is 16.5 Å². The van der Waals surface area contributed by atoms with Crippen LogP contribution in [0.5, 0.6) is 0 Å². The summed E-state index contributed by atoms with van der Waals surface area (Å²) in [6.45, 7) is 0.347. The Morgan fingerprint density at radius 1 is 1.23 bits per heavy atom. The van der Waals surface area contributed by atoms with Gasteiger partial charge in [0.25, 0.3) is 0 Å². The first-order chi connectivity index (χ1) is 5.43. The summed E-state index contributed by atoms with van der Waals surface area (Å²) in [4.78, 5) is 21.2. The van der Waals surface area contributed by atoms with Crippen molar-refractivity contribution in [3.05, 3.63) is 0 Å². The van der Waals surface area contributed by atoms with Gasteiger partial charge in [0.15, 0.2) is 0 Å². The summed E-state index contributed by atoms with van der Waals surface area (Å²) >= 11 is 0. The first-order valence-corrected chi connectivity index (χ1v) is 3.29. The molecule has 0 radical (unpaired) electrons. The second-order valence-corrected chi connectivity index (χ2v) is 2.32. The third kappa shape index (κ3) is 7.71. The Morgan fingerprint density at radius 2 is 1.54 bits per heavy atom. The van der Waals surface area contributed by atoms with Crippen molar-refractivity contribution < 1.29 is 41.4 Å². The molecule has 1 atom stereocenters. The van der Waals surface area contributed by atoms with Crippen LogP contribution in [0.3, 0.4) is 0 Å². The second kappa shape index (κ2) is 6.83. The van der Waals surface area contributed by atoms with E-state index in [1.165, 1.54) is 6.92 Å². The quantitative estimate of drug-likeness (QED) is 0.409.